The zero-order valence-electron chi connectivity index (χ0n) is 13.3. The van der Waals surface area contributed by atoms with Crippen LogP contribution in [0.5, 0.6) is 0 Å². The van der Waals surface area contributed by atoms with E-state index in [1.807, 2.05) is 0 Å². The van der Waals surface area contributed by atoms with E-state index in [9.17, 15) is 9.59 Å². The molecule has 1 saturated heterocycles. The van der Waals surface area contributed by atoms with Crippen molar-refractivity contribution in [1.29, 1.82) is 0 Å². The lowest BCUT2D eigenvalue weighted by molar-refractivity contribution is -0.137. The Kier molecular flexibility index (Phi) is 7.82. The Balaban J connectivity index is 0.00000264. The van der Waals surface area contributed by atoms with Gasteiger partial charge in [0.2, 0.25) is 11.8 Å². The van der Waals surface area contributed by atoms with Crippen LogP contribution < -0.4 is 10.6 Å². The summed E-state index contributed by atoms with van der Waals surface area (Å²) in [6.07, 6.45) is 1.64. The molecule has 2 rings (SSSR count). The lowest BCUT2D eigenvalue weighted by atomic mass is 9.92. The third kappa shape index (κ3) is 6.01. The highest BCUT2D eigenvalue weighted by molar-refractivity contribution is 6.30. The highest BCUT2D eigenvalue weighted by Crippen LogP contribution is 2.18. The molecule has 0 spiro atoms. The predicted molar refractivity (Wildman–Crippen MR) is 95.2 cm³/mol. The van der Waals surface area contributed by atoms with Crippen molar-refractivity contribution in [2.45, 2.75) is 25.8 Å². The number of amides is 2. The Labute approximate surface area is 148 Å². The molecular formula is C16H23Cl2N3O2. The molecule has 2 N–H and O–H groups in total. The van der Waals surface area contributed by atoms with Gasteiger partial charge in [0.05, 0.1) is 6.54 Å². The van der Waals surface area contributed by atoms with E-state index in [0.29, 0.717) is 16.8 Å². The molecule has 1 aliphatic rings. The lowest BCUT2D eigenvalue weighted by Crippen LogP contribution is -2.44. The molecule has 1 aliphatic heterocycles. The second kappa shape index (κ2) is 9.11. The lowest BCUT2D eigenvalue weighted by Gasteiger charge is -2.30. The van der Waals surface area contributed by atoms with Crippen LogP contribution in [0, 0.1) is 5.92 Å². The maximum Gasteiger partial charge on any atom is 0.243 e. The van der Waals surface area contributed by atoms with Crippen LogP contribution in [0.25, 0.3) is 0 Å². The Bertz CT molecular complexity index is 554. The fourth-order valence-electron chi connectivity index (χ4n) is 2.73. The van der Waals surface area contributed by atoms with Gasteiger partial charge in [-0.15, -0.1) is 12.4 Å². The largest absolute Gasteiger partial charge is 0.336 e. The van der Waals surface area contributed by atoms with Crippen molar-refractivity contribution in [3.63, 3.8) is 0 Å². The van der Waals surface area contributed by atoms with Gasteiger partial charge >= 0.3 is 0 Å². The summed E-state index contributed by atoms with van der Waals surface area (Å²) in [4.78, 5) is 25.9. The van der Waals surface area contributed by atoms with E-state index in [-0.39, 0.29) is 36.7 Å². The third-order valence-corrected chi connectivity index (χ3v) is 4.07. The summed E-state index contributed by atoms with van der Waals surface area (Å²) in [5.41, 5.74) is 0.633. The van der Waals surface area contributed by atoms with Gasteiger partial charge in [-0.05, 0) is 44.5 Å². The van der Waals surface area contributed by atoms with E-state index in [1.54, 1.807) is 31.3 Å². The van der Waals surface area contributed by atoms with E-state index in [2.05, 4.69) is 17.6 Å². The van der Waals surface area contributed by atoms with E-state index >= 15 is 0 Å². The van der Waals surface area contributed by atoms with Crippen LogP contribution in [0.4, 0.5) is 5.69 Å². The van der Waals surface area contributed by atoms with E-state index in [4.69, 9.17) is 11.6 Å². The predicted octanol–water partition coefficient (Wildman–Crippen LogP) is 2.55. The highest BCUT2D eigenvalue weighted by atomic mass is 35.5. The molecule has 0 aliphatic carbocycles. The van der Waals surface area contributed by atoms with Crippen molar-refractivity contribution < 1.29 is 9.59 Å². The molecule has 1 heterocycles. The quantitative estimate of drug-likeness (QED) is 0.868. The van der Waals surface area contributed by atoms with Crippen LogP contribution >= 0.6 is 24.0 Å². The number of benzene rings is 1. The van der Waals surface area contributed by atoms with Gasteiger partial charge in [-0.1, -0.05) is 17.7 Å². The number of likely N-dealkylation sites (N-methyl/N-ethyl adjacent to an activating group) is 1. The average molecular weight is 360 g/mol. The number of piperidine rings is 1. The first-order valence-electron chi connectivity index (χ1n) is 7.49. The number of hydrogen-bond donors (Lipinski definition) is 2. The highest BCUT2D eigenvalue weighted by Gasteiger charge is 2.27. The van der Waals surface area contributed by atoms with Crippen molar-refractivity contribution in [3.05, 3.63) is 29.3 Å². The standard InChI is InChI=1S/C16H22ClN3O2.ClH/c1-11-8-12(6-7-18-11)16(22)20(2)10-15(21)19-14-5-3-4-13(17)9-14;/h3-5,9,11-12,18H,6-8,10H2,1-2H3,(H,19,21);1H/t11-,12-;/m0./s1. The molecule has 2 amide bonds. The molecule has 0 unspecified atom stereocenters. The van der Waals surface area contributed by atoms with Crippen molar-refractivity contribution in [3.8, 4) is 0 Å². The molecule has 0 saturated carbocycles. The maximum atomic E-state index is 12.4. The number of nitrogens with zero attached hydrogens (tertiary/aromatic N) is 1. The number of carbonyl (C=O) groups excluding carboxylic acids is 2. The Morgan fingerprint density at radius 2 is 2.17 bits per heavy atom. The van der Waals surface area contributed by atoms with Gasteiger partial charge in [-0.3, -0.25) is 9.59 Å². The second-order valence-corrected chi connectivity index (χ2v) is 6.27. The molecule has 0 bridgehead atoms. The van der Waals surface area contributed by atoms with E-state index in [0.717, 1.165) is 19.4 Å². The molecule has 1 aromatic rings. The number of nitrogens with one attached hydrogen (secondary N) is 2. The zero-order valence-corrected chi connectivity index (χ0v) is 14.9. The first-order chi connectivity index (χ1) is 10.5. The van der Waals surface area contributed by atoms with Gasteiger partial charge in [-0.2, -0.15) is 0 Å². The fraction of sp³-hybridized carbons (Fsp3) is 0.500. The van der Waals surface area contributed by atoms with Crippen molar-refractivity contribution in [2.24, 2.45) is 5.92 Å². The third-order valence-electron chi connectivity index (χ3n) is 3.84. The molecule has 0 aromatic heterocycles. The SMILES string of the molecule is C[C@H]1C[C@@H](C(=O)N(C)CC(=O)Nc2cccc(Cl)c2)CCN1.Cl. The monoisotopic (exact) mass is 359 g/mol. The molecule has 1 aromatic carbocycles. The first-order valence-corrected chi connectivity index (χ1v) is 7.87. The first kappa shape index (κ1) is 19.7. The minimum Gasteiger partial charge on any atom is -0.336 e. The summed E-state index contributed by atoms with van der Waals surface area (Å²) in [6.45, 7) is 2.97. The van der Waals surface area contributed by atoms with Gasteiger partial charge in [0.15, 0.2) is 0 Å². The van der Waals surface area contributed by atoms with Gasteiger partial charge in [0.25, 0.3) is 0 Å². The van der Waals surface area contributed by atoms with Crippen LogP contribution in [0.3, 0.4) is 0 Å². The topological polar surface area (TPSA) is 61.4 Å². The normalized spacial score (nSPS) is 20.3. The number of halogens is 2. The van der Waals surface area contributed by atoms with Crippen molar-refractivity contribution in [2.75, 3.05) is 25.5 Å². The summed E-state index contributed by atoms with van der Waals surface area (Å²) in [5, 5.41) is 6.63. The Morgan fingerprint density at radius 3 is 2.83 bits per heavy atom. The number of hydrogen-bond acceptors (Lipinski definition) is 3. The van der Waals surface area contributed by atoms with Crippen LogP contribution in [0.2, 0.25) is 5.02 Å². The molecule has 1 fully saturated rings. The van der Waals surface area contributed by atoms with Gasteiger partial charge in [0, 0.05) is 29.7 Å². The zero-order chi connectivity index (χ0) is 16.1. The van der Waals surface area contributed by atoms with Gasteiger partial charge in [0.1, 0.15) is 0 Å². The van der Waals surface area contributed by atoms with Crippen molar-refractivity contribution in [1.82, 2.24) is 10.2 Å². The van der Waals surface area contributed by atoms with Gasteiger partial charge in [-0.25, -0.2) is 0 Å². The van der Waals surface area contributed by atoms with Crippen LogP contribution in [-0.4, -0.2) is 42.9 Å². The second-order valence-electron chi connectivity index (χ2n) is 5.83. The molecule has 0 radical (unpaired) electrons. The number of rotatable bonds is 4. The average Bonchev–Trinajstić information content (AvgIpc) is 2.46. The molecule has 5 nitrogen and oxygen atoms in total. The summed E-state index contributed by atoms with van der Waals surface area (Å²) in [7, 11) is 1.67. The molecule has 23 heavy (non-hydrogen) atoms. The minimum absolute atomic E-state index is 0. The summed E-state index contributed by atoms with van der Waals surface area (Å²) >= 11 is 5.88. The Hall–Kier alpha value is -1.30. The molecular weight excluding hydrogens is 337 g/mol. The summed E-state index contributed by atoms with van der Waals surface area (Å²) in [5.74, 6) is -0.185. The Morgan fingerprint density at radius 1 is 1.43 bits per heavy atom. The minimum atomic E-state index is -0.222. The molecule has 128 valence electrons. The molecule has 2 atom stereocenters. The number of anilines is 1. The fourth-order valence-corrected chi connectivity index (χ4v) is 2.92. The summed E-state index contributed by atoms with van der Waals surface area (Å²) < 4.78 is 0. The maximum absolute atomic E-state index is 12.4. The van der Waals surface area contributed by atoms with Crippen LogP contribution in [0.15, 0.2) is 24.3 Å². The van der Waals surface area contributed by atoms with Crippen LogP contribution in [-0.2, 0) is 9.59 Å². The van der Waals surface area contributed by atoms with E-state index < -0.39 is 0 Å². The smallest absolute Gasteiger partial charge is 0.243 e. The van der Waals surface area contributed by atoms with Crippen molar-refractivity contribution >= 4 is 41.5 Å². The number of carbonyl (C=O) groups is 2. The van der Waals surface area contributed by atoms with E-state index in [1.165, 1.54) is 4.90 Å². The van der Waals surface area contributed by atoms with Crippen LogP contribution in [0.1, 0.15) is 19.8 Å². The molecule has 7 heteroatoms. The summed E-state index contributed by atoms with van der Waals surface area (Å²) in [6, 6.07) is 7.29. The van der Waals surface area contributed by atoms with Gasteiger partial charge < -0.3 is 15.5 Å².